The van der Waals surface area contributed by atoms with Crippen LogP contribution in [0, 0.1) is 5.41 Å². The Bertz CT molecular complexity index is 949. The van der Waals surface area contributed by atoms with Crippen LogP contribution in [0.4, 0.5) is 23.4 Å². The number of fused-ring (bicyclic) bond motifs is 1. The standard InChI is InChI=1S/C18H19F4N5OS/c19-10-1-13(23-4-10)16(28)27-7-17(8-27)5-26(6-17)14-12-2-11(3-18(20,21)22)29-15(12)25-9-24-14/h2,9-10,13,23H,1,3-8H2/t10-,13-/m0/s1. The molecule has 2 atom stereocenters. The highest BCUT2D eigenvalue weighted by Gasteiger charge is 2.54. The fourth-order valence-electron chi connectivity index (χ4n) is 4.56. The Balaban J connectivity index is 1.24. The molecule has 6 nitrogen and oxygen atoms in total. The number of nitrogens with one attached hydrogen (secondary N) is 1. The van der Waals surface area contributed by atoms with Gasteiger partial charge in [-0.1, -0.05) is 0 Å². The lowest BCUT2D eigenvalue weighted by molar-refractivity contribution is -0.147. The van der Waals surface area contributed by atoms with E-state index in [9.17, 15) is 22.4 Å². The van der Waals surface area contributed by atoms with Crippen LogP contribution in [0.2, 0.25) is 0 Å². The third kappa shape index (κ3) is 3.43. The highest BCUT2D eigenvalue weighted by molar-refractivity contribution is 7.18. The zero-order valence-electron chi connectivity index (χ0n) is 15.4. The Morgan fingerprint density at radius 3 is 2.69 bits per heavy atom. The first-order chi connectivity index (χ1) is 13.7. The number of nitrogens with zero attached hydrogens (tertiary/aromatic N) is 4. The van der Waals surface area contributed by atoms with Crippen LogP contribution < -0.4 is 10.2 Å². The summed E-state index contributed by atoms with van der Waals surface area (Å²) in [5.74, 6) is 0.598. The van der Waals surface area contributed by atoms with Gasteiger partial charge in [-0.2, -0.15) is 13.2 Å². The second kappa shape index (κ2) is 6.49. The van der Waals surface area contributed by atoms with Crippen LogP contribution in [0.25, 0.3) is 10.2 Å². The average molecular weight is 429 g/mol. The molecule has 2 aromatic heterocycles. The number of anilines is 1. The highest BCUT2D eigenvalue weighted by Crippen LogP contribution is 2.44. The minimum absolute atomic E-state index is 0.00846. The monoisotopic (exact) mass is 429 g/mol. The summed E-state index contributed by atoms with van der Waals surface area (Å²) in [5.41, 5.74) is -0.00846. The van der Waals surface area contributed by atoms with Gasteiger partial charge in [-0.25, -0.2) is 14.4 Å². The number of carbonyl (C=O) groups excluding carboxylic acids is 1. The van der Waals surface area contributed by atoms with E-state index in [0.717, 1.165) is 11.3 Å². The molecule has 0 saturated carbocycles. The highest BCUT2D eigenvalue weighted by atomic mass is 32.1. The number of amides is 1. The van der Waals surface area contributed by atoms with E-state index in [0.29, 0.717) is 42.2 Å². The largest absolute Gasteiger partial charge is 0.393 e. The van der Waals surface area contributed by atoms with E-state index in [1.807, 2.05) is 4.90 Å². The van der Waals surface area contributed by atoms with Crippen LogP contribution in [0.3, 0.4) is 0 Å². The number of carbonyl (C=O) groups is 1. The Morgan fingerprint density at radius 1 is 1.28 bits per heavy atom. The summed E-state index contributed by atoms with van der Waals surface area (Å²) in [5, 5.41) is 3.56. The number of aromatic nitrogens is 2. The summed E-state index contributed by atoms with van der Waals surface area (Å²) in [6.07, 6.45) is -4.58. The van der Waals surface area contributed by atoms with Crippen molar-refractivity contribution >= 4 is 33.3 Å². The lowest BCUT2D eigenvalue weighted by atomic mass is 9.72. The van der Waals surface area contributed by atoms with Crippen molar-refractivity contribution in [2.75, 3.05) is 37.6 Å². The van der Waals surface area contributed by atoms with E-state index in [1.54, 1.807) is 4.90 Å². The Morgan fingerprint density at radius 2 is 2.03 bits per heavy atom. The fraction of sp³-hybridized carbons (Fsp3) is 0.611. The maximum atomic E-state index is 13.3. The quantitative estimate of drug-likeness (QED) is 0.758. The van der Waals surface area contributed by atoms with E-state index >= 15 is 0 Å². The van der Waals surface area contributed by atoms with E-state index in [1.165, 1.54) is 12.4 Å². The molecule has 0 unspecified atom stereocenters. The minimum Gasteiger partial charge on any atom is -0.354 e. The molecule has 3 aliphatic rings. The molecule has 156 valence electrons. The van der Waals surface area contributed by atoms with Gasteiger partial charge in [0.05, 0.1) is 17.8 Å². The Labute approximate surface area is 167 Å². The predicted octanol–water partition coefficient (Wildman–Crippen LogP) is 2.14. The fourth-order valence-corrected chi connectivity index (χ4v) is 5.58. The molecular weight excluding hydrogens is 410 g/mol. The van der Waals surface area contributed by atoms with E-state index in [4.69, 9.17) is 0 Å². The van der Waals surface area contributed by atoms with Gasteiger partial charge in [0.2, 0.25) is 5.91 Å². The molecule has 0 radical (unpaired) electrons. The molecule has 5 heterocycles. The third-order valence-corrected chi connectivity index (χ3v) is 6.87. The van der Waals surface area contributed by atoms with Crippen molar-refractivity contribution in [2.45, 2.75) is 31.2 Å². The van der Waals surface area contributed by atoms with Crippen LogP contribution in [0.5, 0.6) is 0 Å². The molecule has 29 heavy (non-hydrogen) atoms. The molecule has 3 fully saturated rings. The summed E-state index contributed by atoms with van der Waals surface area (Å²) in [7, 11) is 0. The number of hydrogen-bond donors (Lipinski definition) is 1. The van der Waals surface area contributed by atoms with Crippen molar-refractivity contribution in [3.63, 3.8) is 0 Å². The molecule has 0 bridgehead atoms. The van der Waals surface area contributed by atoms with Gasteiger partial charge >= 0.3 is 6.18 Å². The summed E-state index contributed by atoms with van der Waals surface area (Å²) in [6.45, 7) is 2.85. The first-order valence-electron chi connectivity index (χ1n) is 9.43. The maximum Gasteiger partial charge on any atom is 0.393 e. The van der Waals surface area contributed by atoms with Crippen LogP contribution in [0.1, 0.15) is 11.3 Å². The molecule has 0 aromatic carbocycles. The zero-order chi connectivity index (χ0) is 20.4. The van der Waals surface area contributed by atoms with Crippen LogP contribution in [-0.4, -0.2) is 71.9 Å². The van der Waals surface area contributed by atoms with Crippen molar-refractivity contribution in [3.05, 3.63) is 17.3 Å². The molecule has 3 aliphatic heterocycles. The van der Waals surface area contributed by atoms with Gasteiger partial charge in [0.25, 0.3) is 0 Å². The van der Waals surface area contributed by atoms with Gasteiger partial charge in [-0.05, 0) is 6.07 Å². The van der Waals surface area contributed by atoms with Gasteiger partial charge in [0.1, 0.15) is 23.1 Å². The first-order valence-corrected chi connectivity index (χ1v) is 10.2. The molecule has 1 amide bonds. The number of halogens is 4. The van der Waals surface area contributed by atoms with Crippen molar-refractivity contribution in [3.8, 4) is 0 Å². The number of alkyl halides is 4. The second-order valence-electron chi connectivity index (χ2n) is 8.26. The molecule has 3 saturated heterocycles. The number of rotatable bonds is 3. The smallest absolute Gasteiger partial charge is 0.354 e. The van der Waals surface area contributed by atoms with Gasteiger partial charge in [0.15, 0.2) is 0 Å². The van der Waals surface area contributed by atoms with Gasteiger partial charge in [-0.3, -0.25) is 4.79 Å². The summed E-state index contributed by atoms with van der Waals surface area (Å²) >= 11 is 1.04. The Hall–Kier alpha value is -2.01. The minimum atomic E-state index is -4.26. The zero-order valence-corrected chi connectivity index (χ0v) is 16.2. The average Bonchev–Trinajstić information content (AvgIpc) is 3.16. The van der Waals surface area contributed by atoms with Gasteiger partial charge in [-0.15, -0.1) is 11.3 Å². The summed E-state index contributed by atoms with van der Waals surface area (Å²) < 4.78 is 51.4. The summed E-state index contributed by atoms with van der Waals surface area (Å²) in [4.78, 5) is 25.4. The number of likely N-dealkylation sites (tertiary alicyclic amines) is 1. The van der Waals surface area contributed by atoms with E-state index in [2.05, 4.69) is 15.3 Å². The van der Waals surface area contributed by atoms with Crippen LogP contribution in [-0.2, 0) is 11.2 Å². The molecule has 0 aliphatic carbocycles. The molecule has 2 aromatic rings. The molecule has 1 spiro atoms. The SMILES string of the molecule is O=C([C@@H]1C[C@H](F)CN1)N1CC2(C1)CN(c1ncnc3sc(CC(F)(F)F)cc13)C2. The van der Waals surface area contributed by atoms with Crippen molar-refractivity contribution in [2.24, 2.45) is 5.41 Å². The van der Waals surface area contributed by atoms with Crippen molar-refractivity contribution < 1.29 is 22.4 Å². The second-order valence-corrected chi connectivity index (χ2v) is 9.38. The summed E-state index contributed by atoms with van der Waals surface area (Å²) in [6, 6.07) is 1.10. The van der Waals surface area contributed by atoms with Crippen molar-refractivity contribution in [1.29, 1.82) is 0 Å². The van der Waals surface area contributed by atoms with Crippen LogP contribution in [0.15, 0.2) is 12.4 Å². The lowest BCUT2D eigenvalue weighted by Crippen LogP contribution is -2.74. The maximum absolute atomic E-state index is 13.3. The van der Waals surface area contributed by atoms with Crippen molar-refractivity contribution in [1.82, 2.24) is 20.2 Å². The van der Waals surface area contributed by atoms with Crippen LogP contribution >= 0.6 is 11.3 Å². The molecule has 5 rings (SSSR count). The third-order valence-electron chi connectivity index (χ3n) is 5.83. The van der Waals surface area contributed by atoms with E-state index < -0.39 is 24.8 Å². The predicted molar refractivity (Wildman–Crippen MR) is 99.7 cm³/mol. The van der Waals surface area contributed by atoms with E-state index in [-0.39, 0.29) is 29.2 Å². The Kier molecular flexibility index (Phi) is 4.25. The number of hydrogen-bond acceptors (Lipinski definition) is 6. The molecular formula is C18H19F4N5OS. The lowest BCUT2D eigenvalue weighted by Gasteiger charge is -2.60. The number of thiophene rings is 1. The van der Waals surface area contributed by atoms with Gasteiger partial charge < -0.3 is 15.1 Å². The topological polar surface area (TPSA) is 61.4 Å². The first kappa shape index (κ1) is 19.0. The molecule has 11 heteroatoms. The van der Waals surface area contributed by atoms with Gasteiger partial charge in [0, 0.05) is 49.4 Å². The normalized spacial score (nSPS) is 26.1. The molecule has 1 N–H and O–H groups in total.